The zero-order valence-corrected chi connectivity index (χ0v) is 11.9. The fraction of sp³-hybridized carbons (Fsp3) is 0.222. The third-order valence-electron chi connectivity index (χ3n) is 2.22. The standard InChI is InChI=1S/C9H2ClN7.Na/c10-9(5-13)8(3-11,4-12)16(6-14)1-2-17(9)7-15;/h1-2H;. The molecule has 0 saturated carbocycles. The van der Waals surface area contributed by atoms with Crippen LogP contribution < -0.4 is 0 Å². The number of nitriles is 5. The average Bonchev–Trinajstić information content (AvgIpc) is 2.38. The second-order valence-electron chi connectivity index (χ2n) is 2.91. The molecule has 1 radical (unpaired) electrons. The summed E-state index contributed by atoms with van der Waals surface area (Å²) in [7, 11) is 0. The number of halogens is 1. The summed E-state index contributed by atoms with van der Waals surface area (Å²) < 4.78 is 0. The first kappa shape index (κ1) is 16.1. The molecule has 1 heterocycles. The Balaban J connectivity index is 0.00000289. The van der Waals surface area contributed by atoms with E-state index in [0.717, 1.165) is 12.4 Å². The number of nitrogens with zero attached hydrogens (tertiary/aromatic N) is 7. The van der Waals surface area contributed by atoms with Crippen LogP contribution in [0.2, 0.25) is 0 Å². The van der Waals surface area contributed by atoms with Crippen LogP contribution in [0, 0.1) is 56.9 Å². The van der Waals surface area contributed by atoms with Gasteiger partial charge in [-0.3, -0.25) is 0 Å². The van der Waals surface area contributed by atoms with E-state index < -0.39 is 10.5 Å². The van der Waals surface area contributed by atoms with E-state index in [1.54, 1.807) is 12.4 Å². The third-order valence-corrected chi connectivity index (χ3v) is 2.76. The van der Waals surface area contributed by atoms with E-state index in [-0.39, 0.29) is 29.6 Å². The van der Waals surface area contributed by atoms with Crippen LogP contribution in [0.5, 0.6) is 0 Å². The van der Waals surface area contributed by atoms with E-state index in [1.807, 2.05) is 0 Å². The van der Waals surface area contributed by atoms with Crippen LogP contribution in [0.4, 0.5) is 0 Å². The Morgan fingerprint density at radius 3 is 1.61 bits per heavy atom. The Kier molecular flexibility index (Phi) is 5.01. The first-order valence-electron chi connectivity index (χ1n) is 4.05. The van der Waals surface area contributed by atoms with Crippen molar-refractivity contribution in [3.8, 4) is 30.6 Å². The fourth-order valence-electron chi connectivity index (χ4n) is 1.31. The molecule has 0 aromatic rings. The molecule has 0 aliphatic carbocycles. The maximum atomic E-state index is 9.05. The van der Waals surface area contributed by atoms with Gasteiger partial charge in [-0.15, -0.1) is 0 Å². The maximum Gasteiger partial charge on any atom is 0.278 e. The molecular formula is C9H2ClN7Na. The van der Waals surface area contributed by atoms with E-state index in [4.69, 9.17) is 37.9 Å². The topological polar surface area (TPSA) is 125 Å². The summed E-state index contributed by atoms with van der Waals surface area (Å²) in [6.07, 6.45) is 5.21. The summed E-state index contributed by atoms with van der Waals surface area (Å²) in [5.41, 5.74) is -2.29. The van der Waals surface area contributed by atoms with E-state index in [1.165, 1.54) is 18.2 Å². The monoisotopic (exact) mass is 266 g/mol. The Morgan fingerprint density at radius 1 is 0.833 bits per heavy atom. The molecule has 1 aliphatic heterocycles. The van der Waals surface area contributed by atoms with Crippen LogP contribution in [-0.4, -0.2) is 49.9 Å². The van der Waals surface area contributed by atoms with Gasteiger partial charge in [0.05, 0.1) is 0 Å². The minimum Gasteiger partial charge on any atom is -0.248 e. The third kappa shape index (κ3) is 1.75. The second-order valence-corrected chi connectivity index (χ2v) is 3.45. The van der Waals surface area contributed by atoms with Crippen LogP contribution in [-0.2, 0) is 0 Å². The molecule has 0 aromatic heterocycles. The quantitative estimate of drug-likeness (QED) is 0.259. The van der Waals surface area contributed by atoms with Crippen molar-refractivity contribution in [3.63, 3.8) is 0 Å². The first-order valence-corrected chi connectivity index (χ1v) is 4.43. The molecule has 0 fully saturated rings. The molecular weight excluding hydrogens is 265 g/mol. The van der Waals surface area contributed by atoms with Gasteiger partial charge in [0.15, 0.2) is 12.4 Å². The molecule has 1 rings (SSSR count). The Bertz CT molecular complexity index is 566. The molecule has 81 valence electrons. The van der Waals surface area contributed by atoms with Crippen LogP contribution in [0.25, 0.3) is 0 Å². The Labute approximate surface area is 130 Å². The Hall–Kier alpha value is -1.92. The summed E-state index contributed by atoms with van der Waals surface area (Å²) in [5, 5.41) is 44.8. The van der Waals surface area contributed by atoms with Crippen LogP contribution in [0.1, 0.15) is 0 Å². The predicted octanol–water partition coefficient (Wildman–Crippen LogP) is -0.0988. The maximum absolute atomic E-state index is 9.05. The van der Waals surface area contributed by atoms with Crippen LogP contribution >= 0.6 is 11.6 Å². The van der Waals surface area contributed by atoms with Crippen molar-refractivity contribution in [1.82, 2.24) is 9.80 Å². The van der Waals surface area contributed by atoms with Crippen molar-refractivity contribution in [1.29, 1.82) is 26.3 Å². The van der Waals surface area contributed by atoms with Crippen molar-refractivity contribution >= 4 is 41.2 Å². The molecule has 1 atom stereocenters. The molecule has 0 aromatic carbocycles. The van der Waals surface area contributed by atoms with Gasteiger partial charge in [-0.05, 0) is 0 Å². The van der Waals surface area contributed by atoms with Gasteiger partial charge in [-0.2, -0.15) is 26.3 Å². The molecule has 1 unspecified atom stereocenters. The Morgan fingerprint density at radius 2 is 1.28 bits per heavy atom. The van der Waals surface area contributed by atoms with Crippen molar-refractivity contribution in [2.75, 3.05) is 0 Å². The van der Waals surface area contributed by atoms with Crippen molar-refractivity contribution in [2.24, 2.45) is 0 Å². The summed E-state index contributed by atoms with van der Waals surface area (Å²) >= 11 is 5.88. The van der Waals surface area contributed by atoms with Crippen molar-refractivity contribution in [3.05, 3.63) is 12.4 Å². The molecule has 0 saturated heterocycles. The zero-order valence-electron chi connectivity index (χ0n) is 9.16. The minimum atomic E-state index is -2.29. The number of alkyl halides is 1. The van der Waals surface area contributed by atoms with Crippen molar-refractivity contribution in [2.45, 2.75) is 10.5 Å². The van der Waals surface area contributed by atoms with E-state index in [9.17, 15) is 0 Å². The van der Waals surface area contributed by atoms with Gasteiger partial charge in [0.1, 0.15) is 18.2 Å². The molecule has 7 nitrogen and oxygen atoms in total. The van der Waals surface area contributed by atoms with Gasteiger partial charge >= 0.3 is 0 Å². The average molecular weight is 267 g/mol. The van der Waals surface area contributed by atoms with Gasteiger partial charge in [-0.1, -0.05) is 11.6 Å². The minimum absolute atomic E-state index is 0. The molecule has 0 N–H and O–H groups in total. The van der Waals surface area contributed by atoms with Gasteiger partial charge in [0.25, 0.3) is 10.5 Å². The van der Waals surface area contributed by atoms with E-state index in [0.29, 0.717) is 9.80 Å². The summed E-state index contributed by atoms with van der Waals surface area (Å²) in [6.45, 7) is 0. The molecule has 9 heteroatoms. The van der Waals surface area contributed by atoms with E-state index >= 15 is 0 Å². The van der Waals surface area contributed by atoms with Gasteiger partial charge in [0, 0.05) is 42.0 Å². The van der Waals surface area contributed by atoms with Crippen molar-refractivity contribution < 1.29 is 0 Å². The molecule has 1 aliphatic rings. The van der Waals surface area contributed by atoms with Gasteiger partial charge in [0.2, 0.25) is 0 Å². The van der Waals surface area contributed by atoms with Crippen LogP contribution in [0.3, 0.4) is 0 Å². The normalized spacial score (nSPS) is 23.3. The number of hydrogen-bond donors (Lipinski definition) is 0. The zero-order chi connectivity index (χ0) is 13.1. The number of rotatable bonds is 0. The van der Waals surface area contributed by atoms with Crippen LogP contribution in [0.15, 0.2) is 12.4 Å². The van der Waals surface area contributed by atoms with E-state index in [2.05, 4.69) is 0 Å². The largest absolute Gasteiger partial charge is 0.278 e. The smallest absolute Gasteiger partial charge is 0.248 e. The summed E-state index contributed by atoms with van der Waals surface area (Å²) in [5.74, 6) is 0. The summed E-state index contributed by atoms with van der Waals surface area (Å²) in [6, 6.07) is 4.55. The number of hydrogen-bond acceptors (Lipinski definition) is 7. The van der Waals surface area contributed by atoms with Gasteiger partial charge < -0.3 is 0 Å². The molecule has 18 heavy (non-hydrogen) atoms. The molecule has 0 spiro atoms. The molecule has 0 bridgehead atoms. The SMILES string of the molecule is N#CN1C=CN(C#N)C(C#N)(C#N)C1(Cl)C#N.[Na]. The fourth-order valence-corrected chi connectivity index (χ4v) is 1.58. The predicted molar refractivity (Wildman–Crippen MR) is 58.0 cm³/mol. The van der Waals surface area contributed by atoms with Gasteiger partial charge in [-0.25, -0.2) is 9.80 Å². The first-order chi connectivity index (χ1) is 8.06. The summed E-state index contributed by atoms with van der Waals surface area (Å²) in [4.78, 5) is -0.998. The molecule has 0 amide bonds. The second kappa shape index (κ2) is 5.61.